The SMILES string of the molecule is N#Cc1cc(CN2C(=O)c3ccc(N)cc3C2=O)ccn1. The van der Waals surface area contributed by atoms with Crippen LogP contribution in [0.2, 0.25) is 0 Å². The summed E-state index contributed by atoms with van der Waals surface area (Å²) in [4.78, 5) is 29.5. The number of fused-ring (bicyclic) bond motifs is 1. The van der Waals surface area contributed by atoms with E-state index in [1.165, 1.54) is 12.3 Å². The van der Waals surface area contributed by atoms with Gasteiger partial charge in [0.25, 0.3) is 11.8 Å². The van der Waals surface area contributed by atoms with Crippen LogP contribution in [0, 0.1) is 11.3 Å². The van der Waals surface area contributed by atoms with Crippen LogP contribution in [0.25, 0.3) is 0 Å². The Balaban J connectivity index is 1.93. The Labute approximate surface area is 120 Å². The summed E-state index contributed by atoms with van der Waals surface area (Å²) in [6, 6.07) is 9.79. The van der Waals surface area contributed by atoms with Gasteiger partial charge in [0.2, 0.25) is 0 Å². The predicted octanol–water partition coefficient (Wildman–Crippen LogP) is 1.33. The Bertz CT molecular complexity index is 808. The minimum Gasteiger partial charge on any atom is -0.399 e. The number of hydrogen-bond acceptors (Lipinski definition) is 5. The van der Waals surface area contributed by atoms with Crippen LogP contribution < -0.4 is 5.73 Å². The lowest BCUT2D eigenvalue weighted by Gasteiger charge is -2.13. The molecule has 6 heteroatoms. The molecule has 2 aromatic rings. The molecule has 0 atom stereocenters. The lowest BCUT2D eigenvalue weighted by atomic mass is 10.1. The summed E-state index contributed by atoms with van der Waals surface area (Å²) < 4.78 is 0. The van der Waals surface area contributed by atoms with Gasteiger partial charge in [-0.1, -0.05) is 0 Å². The number of benzene rings is 1. The number of hydrogen-bond donors (Lipinski definition) is 1. The summed E-state index contributed by atoms with van der Waals surface area (Å²) in [6.07, 6.45) is 1.48. The average Bonchev–Trinajstić information content (AvgIpc) is 2.72. The molecule has 6 nitrogen and oxygen atoms in total. The van der Waals surface area contributed by atoms with Crippen molar-refractivity contribution in [1.82, 2.24) is 9.88 Å². The highest BCUT2D eigenvalue weighted by Gasteiger charge is 2.35. The van der Waals surface area contributed by atoms with Gasteiger partial charge >= 0.3 is 0 Å². The smallest absolute Gasteiger partial charge is 0.261 e. The molecule has 2 heterocycles. The maximum atomic E-state index is 12.3. The molecule has 0 fully saturated rings. The van der Waals surface area contributed by atoms with Crippen LogP contribution in [0.3, 0.4) is 0 Å². The Morgan fingerprint density at radius 2 is 1.90 bits per heavy atom. The van der Waals surface area contributed by atoms with Crippen molar-refractivity contribution in [3.8, 4) is 6.07 Å². The molecule has 2 N–H and O–H groups in total. The number of nitrogens with zero attached hydrogens (tertiary/aromatic N) is 3. The largest absolute Gasteiger partial charge is 0.399 e. The first-order chi connectivity index (χ1) is 10.1. The van der Waals surface area contributed by atoms with Crippen LogP contribution in [0.15, 0.2) is 36.5 Å². The van der Waals surface area contributed by atoms with Crippen LogP contribution in [-0.2, 0) is 6.54 Å². The summed E-state index contributed by atoms with van der Waals surface area (Å²) >= 11 is 0. The molecule has 1 aromatic carbocycles. The van der Waals surface area contributed by atoms with Gasteiger partial charge in [0.05, 0.1) is 17.7 Å². The van der Waals surface area contributed by atoms with Gasteiger partial charge in [-0.05, 0) is 35.9 Å². The second-order valence-corrected chi connectivity index (χ2v) is 4.66. The average molecular weight is 278 g/mol. The monoisotopic (exact) mass is 278 g/mol. The second-order valence-electron chi connectivity index (χ2n) is 4.66. The third kappa shape index (κ3) is 2.11. The highest BCUT2D eigenvalue weighted by Crippen LogP contribution is 2.26. The number of nitrogens with two attached hydrogens (primary N) is 1. The molecule has 2 amide bonds. The number of pyridine rings is 1. The molecule has 0 radical (unpaired) electrons. The topological polar surface area (TPSA) is 100 Å². The van der Waals surface area contributed by atoms with Gasteiger partial charge in [0, 0.05) is 11.9 Å². The molecule has 0 aliphatic carbocycles. The second kappa shape index (κ2) is 4.72. The number of amides is 2. The highest BCUT2D eigenvalue weighted by atomic mass is 16.2. The third-order valence-electron chi connectivity index (χ3n) is 3.27. The van der Waals surface area contributed by atoms with Crippen molar-refractivity contribution in [2.24, 2.45) is 0 Å². The van der Waals surface area contributed by atoms with Gasteiger partial charge in [0.15, 0.2) is 0 Å². The molecule has 0 spiro atoms. The van der Waals surface area contributed by atoms with Crippen LogP contribution in [0.1, 0.15) is 32.0 Å². The first kappa shape index (κ1) is 12.8. The molecule has 0 bridgehead atoms. The van der Waals surface area contributed by atoms with Gasteiger partial charge in [-0.15, -0.1) is 0 Å². The van der Waals surface area contributed by atoms with E-state index >= 15 is 0 Å². The molecule has 102 valence electrons. The lowest BCUT2D eigenvalue weighted by molar-refractivity contribution is 0.0642. The maximum absolute atomic E-state index is 12.3. The van der Waals surface area contributed by atoms with Crippen LogP contribution in [0.4, 0.5) is 5.69 Å². The zero-order valence-corrected chi connectivity index (χ0v) is 10.9. The molecule has 1 aliphatic heterocycles. The minimum atomic E-state index is -0.377. The van der Waals surface area contributed by atoms with Crippen molar-refractivity contribution in [1.29, 1.82) is 5.26 Å². The summed E-state index contributed by atoms with van der Waals surface area (Å²) in [7, 11) is 0. The Morgan fingerprint density at radius 1 is 1.14 bits per heavy atom. The number of imide groups is 1. The summed E-state index contributed by atoms with van der Waals surface area (Å²) in [5, 5.41) is 8.83. The fraction of sp³-hybridized carbons (Fsp3) is 0.0667. The number of nitrogen functional groups attached to an aromatic ring is 1. The first-order valence-electron chi connectivity index (χ1n) is 6.21. The molecule has 21 heavy (non-hydrogen) atoms. The highest BCUT2D eigenvalue weighted by molar-refractivity contribution is 6.21. The zero-order valence-electron chi connectivity index (χ0n) is 10.9. The van der Waals surface area contributed by atoms with Gasteiger partial charge in [-0.25, -0.2) is 4.98 Å². The molecule has 0 saturated heterocycles. The van der Waals surface area contributed by atoms with Crippen LogP contribution >= 0.6 is 0 Å². The van der Waals surface area contributed by atoms with E-state index in [-0.39, 0.29) is 24.1 Å². The number of nitriles is 1. The van der Waals surface area contributed by atoms with Crippen molar-refractivity contribution in [2.45, 2.75) is 6.54 Å². The Kier molecular flexibility index (Phi) is 2.88. The van der Waals surface area contributed by atoms with E-state index in [0.717, 1.165) is 4.90 Å². The molecule has 0 saturated carbocycles. The fourth-order valence-electron chi connectivity index (χ4n) is 2.27. The van der Waals surface area contributed by atoms with E-state index in [1.54, 1.807) is 24.3 Å². The van der Waals surface area contributed by atoms with Gasteiger partial charge in [0.1, 0.15) is 11.8 Å². The normalized spacial score (nSPS) is 13.2. The molecule has 3 rings (SSSR count). The summed E-state index contributed by atoms with van der Waals surface area (Å²) in [6.45, 7) is 0.101. The van der Waals surface area contributed by atoms with Crippen LogP contribution in [-0.4, -0.2) is 21.7 Å². The van der Waals surface area contributed by atoms with Crippen molar-refractivity contribution >= 4 is 17.5 Å². The van der Waals surface area contributed by atoms with E-state index in [4.69, 9.17) is 11.0 Å². The predicted molar refractivity (Wildman–Crippen MR) is 74.0 cm³/mol. The molecule has 1 aromatic heterocycles. The maximum Gasteiger partial charge on any atom is 0.261 e. The fourth-order valence-corrected chi connectivity index (χ4v) is 2.27. The molecular formula is C15H10N4O2. The van der Waals surface area contributed by atoms with E-state index in [9.17, 15) is 9.59 Å². The van der Waals surface area contributed by atoms with Crippen molar-refractivity contribution in [3.63, 3.8) is 0 Å². The molecule has 1 aliphatic rings. The molecular weight excluding hydrogens is 268 g/mol. The van der Waals surface area contributed by atoms with Crippen molar-refractivity contribution in [2.75, 3.05) is 5.73 Å². The van der Waals surface area contributed by atoms with E-state index in [0.29, 0.717) is 22.4 Å². The van der Waals surface area contributed by atoms with E-state index in [2.05, 4.69) is 4.98 Å². The Hall–Kier alpha value is -3.20. The van der Waals surface area contributed by atoms with Crippen LogP contribution in [0.5, 0.6) is 0 Å². The van der Waals surface area contributed by atoms with Gasteiger partial charge < -0.3 is 5.73 Å². The minimum absolute atomic E-state index is 0.101. The van der Waals surface area contributed by atoms with Gasteiger partial charge in [-0.3, -0.25) is 14.5 Å². The third-order valence-corrected chi connectivity index (χ3v) is 3.27. The van der Waals surface area contributed by atoms with Gasteiger partial charge in [-0.2, -0.15) is 5.26 Å². The number of carbonyl (C=O) groups is 2. The number of aromatic nitrogens is 1. The first-order valence-corrected chi connectivity index (χ1v) is 6.21. The molecule has 0 unspecified atom stereocenters. The summed E-state index contributed by atoms with van der Waals surface area (Å²) in [5.41, 5.74) is 7.66. The summed E-state index contributed by atoms with van der Waals surface area (Å²) in [5.74, 6) is -0.733. The van der Waals surface area contributed by atoms with Crippen molar-refractivity contribution < 1.29 is 9.59 Å². The van der Waals surface area contributed by atoms with E-state index < -0.39 is 0 Å². The number of anilines is 1. The number of carbonyl (C=O) groups excluding carboxylic acids is 2. The Morgan fingerprint density at radius 3 is 2.67 bits per heavy atom. The lowest BCUT2D eigenvalue weighted by Crippen LogP contribution is -2.29. The van der Waals surface area contributed by atoms with E-state index in [1.807, 2.05) is 6.07 Å². The quantitative estimate of drug-likeness (QED) is 0.659. The number of rotatable bonds is 2. The van der Waals surface area contributed by atoms with Crippen molar-refractivity contribution in [3.05, 3.63) is 58.9 Å². The zero-order chi connectivity index (χ0) is 15.0. The standard InChI is InChI=1S/C15H10N4O2/c16-7-11-5-9(3-4-18-11)8-19-14(20)12-2-1-10(17)6-13(12)15(19)21/h1-6H,8,17H2.